The van der Waals surface area contributed by atoms with Gasteiger partial charge in [-0.1, -0.05) is 30.4 Å². The summed E-state index contributed by atoms with van der Waals surface area (Å²) in [5, 5.41) is 2.76. The predicted molar refractivity (Wildman–Crippen MR) is 102 cm³/mol. The predicted octanol–water partition coefficient (Wildman–Crippen LogP) is 2.12. The van der Waals surface area contributed by atoms with Crippen molar-refractivity contribution in [1.82, 2.24) is 4.90 Å². The Morgan fingerprint density at radius 3 is 2.18 bits per heavy atom. The second-order valence-electron chi connectivity index (χ2n) is 7.31. The summed E-state index contributed by atoms with van der Waals surface area (Å²) in [4.78, 5) is 50.4. The lowest BCUT2D eigenvalue weighted by Gasteiger charge is -2.18. The molecule has 148 valence electrons. The van der Waals surface area contributed by atoms with Crippen molar-refractivity contribution in [1.29, 1.82) is 0 Å². The SMILES string of the molecule is Cc1cccc(C)c1NC(=O)[C@H](C)OC(=O)CN1C(=O)[C@H]2CC=CC[C@H]2C1=O. The molecule has 3 atom stereocenters. The van der Waals surface area contributed by atoms with Crippen molar-refractivity contribution < 1.29 is 23.9 Å². The molecule has 0 saturated carbocycles. The normalized spacial score (nSPS) is 22.0. The summed E-state index contributed by atoms with van der Waals surface area (Å²) in [5.74, 6) is -2.72. The minimum absolute atomic E-state index is 0.344. The number of likely N-dealkylation sites (tertiary alicyclic amines) is 1. The standard InChI is InChI=1S/C21H24N2O5/c1-12-7-6-8-13(2)18(12)22-19(25)14(3)28-17(24)11-23-20(26)15-9-4-5-10-16(15)21(23)27/h4-8,14-16H,9-11H2,1-3H3,(H,22,25)/t14-,15-,16+/m0/s1. The molecule has 1 N–H and O–H groups in total. The third-order valence-corrected chi connectivity index (χ3v) is 5.29. The van der Waals surface area contributed by atoms with Gasteiger partial charge in [0.25, 0.3) is 5.91 Å². The van der Waals surface area contributed by atoms with Gasteiger partial charge in [0, 0.05) is 5.69 Å². The number of imide groups is 1. The van der Waals surface area contributed by atoms with Gasteiger partial charge in [0.05, 0.1) is 11.8 Å². The van der Waals surface area contributed by atoms with Gasteiger partial charge in [-0.3, -0.25) is 24.1 Å². The van der Waals surface area contributed by atoms with Crippen LogP contribution in [0.25, 0.3) is 0 Å². The number of hydrogen-bond acceptors (Lipinski definition) is 5. The van der Waals surface area contributed by atoms with Crippen molar-refractivity contribution >= 4 is 29.4 Å². The fourth-order valence-electron chi connectivity index (χ4n) is 3.68. The van der Waals surface area contributed by atoms with E-state index in [2.05, 4.69) is 5.32 Å². The number of hydrogen-bond donors (Lipinski definition) is 1. The zero-order valence-corrected chi connectivity index (χ0v) is 16.2. The highest BCUT2D eigenvalue weighted by Crippen LogP contribution is 2.34. The third kappa shape index (κ3) is 3.83. The molecule has 1 aromatic carbocycles. The molecule has 0 spiro atoms. The Balaban J connectivity index is 1.58. The fraction of sp³-hybridized carbons (Fsp3) is 0.429. The molecule has 1 fully saturated rings. The van der Waals surface area contributed by atoms with E-state index in [1.165, 1.54) is 6.92 Å². The summed E-state index contributed by atoms with van der Waals surface area (Å²) in [6.45, 7) is 4.74. The lowest BCUT2D eigenvalue weighted by molar-refractivity contribution is -0.158. The van der Waals surface area contributed by atoms with Crippen molar-refractivity contribution in [3.8, 4) is 0 Å². The lowest BCUT2D eigenvalue weighted by Crippen LogP contribution is -2.39. The molecule has 0 unspecified atom stereocenters. The molecule has 1 aromatic rings. The smallest absolute Gasteiger partial charge is 0.326 e. The van der Waals surface area contributed by atoms with Crippen molar-refractivity contribution in [2.24, 2.45) is 11.8 Å². The summed E-state index contributed by atoms with van der Waals surface area (Å²) in [6, 6.07) is 5.64. The van der Waals surface area contributed by atoms with E-state index >= 15 is 0 Å². The Kier molecular flexibility index (Phi) is 5.63. The highest BCUT2D eigenvalue weighted by molar-refractivity contribution is 6.07. The van der Waals surface area contributed by atoms with Gasteiger partial charge in [-0.25, -0.2) is 0 Å². The zero-order chi connectivity index (χ0) is 20.4. The second-order valence-corrected chi connectivity index (χ2v) is 7.31. The topological polar surface area (TPSA) is 92.8 Å². The number of amides is 3. The van der Waals surface area contributed by atoms with Gasteiger partial charge in [-0.05, 0) is 44.7 Å². The van der Waals surface area contributed by atoms with Crippen LogP contribution in [0.1, 0.15) is 30.9 Å². The van der Waals surface area contributed by atoms with Gasteiger partial charge >= 0.3 is 5.97 Å². The molecule has 0 bridgehead atoms. The molecule has 28 heavy (non-hydrogen) atoms. The number of allylic oxidation sites excluding steroid dienone is 2. The largest absolute Gasteiger partial charge is 0.451 e. The maximum atomic E-state index is 12.4. The summed E-state index contributed by atoms with van der Waals surface area (Å²) in [6.07, 6.45) is 3.73. The van der Waals surface area contributed by atoms with Crippen LogP contribution in [0.15, 0.2) is 30.4 Å². The highest BCUT2D eigenvalue weighted by atomic mass is 16.5. The van der Waals surface area contributed by atoms with Gasteiger partial charge in [-0.2, -0.15) is 0 Å². The molecule has 0 aromatic heterocycles. The number of rotatable bonds is 5. The van der Waals surface area contributed by atoms with Crippen LogP contribution in [0.2, 0.25) is 0 Å². The van der Waals surface area contributed by atoms with Gasteiger partial charge in [-0.15, -0.1) is 0 Å². The number of aryl methyl sites for hydroxylation is 2. The number of carbonyl (C=O) groups excluding carboxylic acids is 4. The molecular formula is C21H24N2O5. The van der Waals surface area contributed by atoms with E-state index in [-0.39, 0.29) is 11.8 Å². The molecule has 7 heteroatoms. The molecule has 1 aliphatic heterocycles. The van der Waals surface area contributed by atoms with Crippen LogP contribution in [-0.4, -0.2) is 41.2 Å². The average molecular weight is 384 g/mol. The number of anilines is 1. The van der Waals surface area contributed by atoms with E-state index in [4.69, 9.17) is 4.74 Å². The number of ether oxygens (including phenoxy) is 1. The first-order chi connectivity index (χ1) is 13.3. The van der Waals surface area contributed by atoms with Gasteiger partial charge in [0.2, 0.25) is 11.8 Å². The van der Waals surface area contributed by atoms with Crippen molar-refractivity contribution in [3.05, 3.63) is 41.5 Å². The Bertz CT molecular complexity index is 814. The molecule has 3 amide bonds. The summed E-state index contributed by atoms with van der Waals surface area (Å²) in [7, 11) is 0. The van der Waals surface area contributed by atoms with Crippen LogP contribution >= 0.6 is 0 Å². The molecule has 1 saturated heterocycles. The Morgan fingerprint density at radius 2 is 1.64 bits per heavy atom. The number of nitrogens with zero attached hydrogens (tertiary/aromatic N) is 1. The number of para-hydroxylation sites is 1. The van der Waals surface area contributed by atoms with Crippen molar-refractivity contribution in [2.75, 3.05) is 11.9 Å². The highest BCUT2D eigenvalue weighted by Gasteiger charge is 2.47. The Hall–Kier alpha value is -2.96. The third-order valence-electron chi connectivity index (χ3n) is 5.29. The first-order valence-electron chi connectivity index (χ1n) is 9.36. The fourth-order valence-corrected chi connectivity index (χ4v) is 3.68. The van der Waals surface area contributed by atoms with E-state index < -0.39 is 36.4 Å². The molecule has 0 radical (unpaired) electrons. The Labute approximate surface area is 163 Å². The number of fused-ring (bicyclic) bond motifs is 1. The second kappa shape index (κ2) is 7.96. The lowest BCUT2D eigenvalue weighted by atomic mass is 9.85. The van der Waals surface area contributed by atoms with E-state index in [0.29, 0.717) is 18.5 Å². The van der Waals surface area contributed by atoms with Gasteiger partial charge in [0.1, 0.15) is 6.54 Å². The molecule has 2 aliphatic rings. The van der Waals surface area contributed by atoms with Gasteiger partial charge in [0.15, 0.2) is 6.10 Å². The van der Waals surface area contributed by atoms with Crippen LogP contribution in [0.5, 0.6) is 0 Å². The number of benzene rings is 1. The molecule has 1 heterocycles. The minimum Gasteiger partial charge on any atom is -0.451 e. The van der Waals surface area contributed by atoms with Crippen LogP contribution < -0.4 is 5.32 Å². The van der Waals surface area contributed by atoms with Crippen molar-refractivity contribution in [2.45, 2.75) is 39.7 Å². The van der Waals surface area contributed by atoms with E-state index in [0.717, 1.165) is 16.0 Å². The number of esters is 1. The summed E-state index contributed by atoms with van der Waals surface area (Å²) < 4.78 is 5.16. The maximum absolute atomic E-state index is 12.4. The minimum atomic E-state index is -1.05. The van der Waals surface area contributed by atoms with Crippen LogP contribution in [0, 0.1) is 25.7 Å². The molecule has 7 nitrogen and oxygen atoms in total. The van der Waals surface area contributed by atoms with Crippen LogP contribution in [0.3, 0.4) is 0 Å². The molecule has 3 rings (SSSR count). The first kappa shape index (κ1) is 19.8. The summed E-state index contributed by atoms with van der Waals surface area (Å²) >= 11 is 0. The van der Waals surface area contributed by atoms with Crippen molar-refractivity contribution in [3.63, 3.8) is 0 Å². The molecular weight excluding hydrogens is 360 g/mol. The molecule has 1 aliphatic carbocycles. The van der Waals surface area contributed by atoms with Crippen LogP contribution in [0.4, 0.5) is 5.69 Å². The Morgan fingerprint density at radius 1 is 1.11 bits per heavy atom. The first-order valence-corrected chi connectivity index (χ1v) is 9.36. The monoisotopic (exact) mass is 384 g/mol. The number of carbonyl (C=O) groups is 4. The number of nitrogens with one attached hydrogen (secondary N) is 1. The quantitative estimate of drug-likeness (QED) is 0.477. The summed E-state index contributed by atoms with van der Waals surface area (Å²) in [5.41, 5.74) is 2.48. The zero-order valence-electron chi connectivity index (χ0n) is 16.2. The van der Waals surface area contributed by atoms with Gasteiger partial charge < -0.3 is 10.1 Å². The van der Waals surface area contributed by atoms with E-state index in [9.17, 15) is 19.2 Å². The van der Waals surface area contributed by atoms with E-state index in [1.807, 2.05) is 44.2 Å². The van der Waals surface area contributed by atoms with Crippen LogP contribution in [-0.2, 0) is 23.9 Å². The van der Waals surface area contributed by atoms with E-state index in [1.54, 1.807) is 0 Å². The average Bonchev–Trinajstić information content (AvgIpc) is 2.90. The maximum Gasteiger partial charge on any atom is 0.326 e.